The molecule has 0 aromatic carbocycles. The predicted octanol–water partition coefficient (Wildman–Crippen LogP) is -0.802. The van der Waals surface area contributed by atoms with Gasteiger partial charge in [-0.3, -0.25) is 0 Å². The van der Waals surface area contributed by atoms with Gasteiger partial charge in [0.15, 0.2) is 0 Å². The van der Waals surface area contributed by atoms with Crippen molar-refractivity contribution >= 4 is 11.8 Å². The average molecular weight is 229 g/mol. The second-order valence-corrected chi connectivity index (χ2v) is 4.73. The first kappa shape index (κ1) is 10.7. The molecule has 1 saturated heterocycles. The fourth-order valence-electron chi connectivity index (χ4n) is 1.57. The number of nitrogens with two attached hydrogens (primary N) is 1. The van der Waals surface area contributed by atoms with E-state index in [1.807, 2.05) is 0 Å². The molecule has 0 atom stereocenters. The molecule has 0 spiro atoms. The van der Waals surface area contributed by atoms with Crippen molar-refractivity contribution in [1.29, 1.82) is 0 Å². The van der Waals surface area contributed by atoms with Gasteiger partial charge in [0.25, 0.3) is 0 Å². The van der Waals surface area contributed by atoms with E-state index in [-0.39, 0.29) is 0 Å². The number of piperidine rings is 1. The number of hydrogen-bond acceptors (Lipinski definition) is 6. The van der Waals surface area contributed by atoms with Crippen molar-refractivity contribution in [1.82, 2.24) is 20.2 Å². The van der Waals surface area contributed by atoms with Gasteiger partial charge in [0.1, 0.15) is 6.33 Å². The maximum Gasteiger partial charge on any atom is 0.209 e. The van der Waals surface area contributed by atoms with Crippen LogP contribution in [0.25, 0.3) is 0 Å². The van der Waals surface area contributed by atoms with Crippen molar-refractivity contribution in [3.05, 3.63) is 6.33 Å². The van der Waals surface area contributed by atoms with Crippen LogP contribution in [0, 0.1) is 0 Å². The number of nitrogen functional groups attached to an aromatic ring is 1. The van der Waals surface area contributed by atoms with Crippen molar-refractivity contribution in [2.45, 2.75) is 23.6 Å². The third kappa shape index (κ3) is 2.61. The summed E-state index contributed by atoms with van der Waals surface area (Å²) in [5.74, 6) is 6.19. The van der Waals surface area contributed by atoms with Crippen LogP contribution >= 0.6 is 11.8 Å². The first-order valence-corrected chi connectivity index (χ1v) is 5.89. The molecule has 7 heteroatoms. The van der Waals surface area contributed by atoms with E-state index >= 15 is 0 Å². The summed E-state index contributed by atoms with van der Waals surface area (Å²) >= 11 is 1.45. The molecule has 0 unspecified atom stereocenters. The smallest absolute Gasteiger partial charge is 0.209 e. The van der Waals surface area contributed by atoms with Crippen LogP contribution in [0.2, 0.25) is 0 Å². The molecule has 0 saturated carbocycles. The molecule has 1 aromatic rings. The van der Waals surface area contributed by atoms with E-state index in [9.17, 15) is 5.11 Å². The monoisotopic (exact) mass is 229 g/mol. The number of aromatic nitrogens is 3. The molecule has 1 aliphatic heterocycles. The van der Waals surface area contributed by atoms with Gasteiger partial charge in [0.2, 0.25) is 5.16 Å². The predicted molar refractivity (Wildman–Crippen MR) is 57.9 cm³/mol. The number of aliphatic hydroxyl groups is 1. The number of hydrogen-bond donors (Lipinski definition) is 3. The maximum atomic E-state index is 10.2. The molecule has 2 rings (SSSR count). The number of rotatable bonds is 3. The highest BCUT2D eigenvalue weighted by atomic mass is 32.2. The Balaban J connectivity index is 1.89. The van der Waals surface area contributed by atoms with E-state index in [0.717, 1.165) is 25.9 Å². The highest BCUT2D eigenvalue weighted by Crippen LogP contribution is 2.26. The zero-order chi connectivity index (χ0) is 10.7. The third-order valence-electron chi connectivity index (χ3n) is 2.54. The SMILES string of the molecule is Nn1cnnc1SCC1(O)CCNCC1. The van der Waals surface area contributed by atoms with Gasteiger partial charge in [-0.25, -0.2) is 4.68 Å². The summed E-state index contributed by atoms with van der Waals surface area (Å²) in [4.78, 5) is 0. The Kier molecular flexibility index (Phi) is 3.13. The Bertz CT molecular complexity index is 323. The Morgan fingerprint density at radius 1 is 1.60 bits per heavy atom. The van der Waals surface area contributed by atoms with Crippen LogP contribution in [-0.2, 0) is 0 Å². The fourth-order valence-corrected chi connectivity index (χ4v) is 2.56. The first-order chi connectivity index (χ1) is 7.20. The minimum atomic E-state index is -0.595. The Hall–Kier alpha value is -0.790. The van der Waals surface area contributed by atoms with Gasteiger partial charge in [0.05, 0.1) is 5.60 Å². The maximum absolute atomic E-state index is 10.2. The van der Waals surface area contributed by atoms with Gasteiger partial charge in [-0.2, -0.15) is 0 Å². The normalized spacial score (nSPS) is 20.3. The van der Waals surface area contributed by atoms with Gasteiger partial charge in [-0.05, 0) is 25.9 Å². The van der Waals surface area contributed by atoms with Gasteiger partial charge in [-0.15, -0.1) is 10.2 Å². The van der Waals surface area contributed by atoms with Gasteiger partial charge in [-0.1, -0.05) is 11.8 Å². The van der Waals surface area contributed by atoms with Crippen LogP contribution in [0.3, 0.4) is 0 Å². The molecule has 0 bridgehead atoms. The molecule has 15 heavy (non-hydrogen) atoms. The van der Waals surface area contributed by atoms with Crippen molar-refractivity contribution in [2.75, 3.05) is 24.7 Å². The average Bonchev–Trinajstić information content (AvgIpc) is 2.62. The van der Waals surface area contributed by atoms with Crippen LogP contribution in [0.1, 0.15) is 12.8 Å². The summed E-state index contributed by atoms with van der Waals surface area (Å²) < 4.78 is 1.37. The Morgan fingerprint density at radius 2 is 2.33 bits per heavy atom. The van der Waals surface area contributed by atoms with Gasteiger partial charge < -0.3 is 16.3 Å². The number of nitrogens with one attached hydrogen (secondary N) is 1. The molecule has 1 fully saturated rings. The van der Waals surface area contributed by atoms with Crippen LogP contribution in [-0.4, -0.2) is 44.4 Å². The molecule has 0 aliphatic carbocycles. The number of nitrogens with zero attached hydrogens (tertiary/aromatic N) is 3. The molecular weight excluding hydrogens is 214 g/mol. The summed E-state index contributed by atoms with van der Waals surface area (Å²) in [5.41, 5.74) is -0.595. The summed E-state index contributed by atoms with van der Waals surface area (Å²) in [6.45, 7) is 1.73. The lowest BCUT2D eigenvalue weighted by Crippen LogP contribution is -2.43. The molecule has 84 valence electrons. The van der Waals surface area contributed by atoms with E-state index < -0.39 is 5.60 Å². The van der Waals surface area contributed by atoms with Crippen molar-refractivity contribution in [2.24, 2.45) is 0 Å². The second kappa shape index (κ2) is 4.38. The number of thioether (sulfide) groups is 1. The molecule has 1 aliphatic rings. The van der Waals surface area contributed by atoms with Crippen LogP contribution in [0.4, 0.5) is 0 Å². The zero-order valence-electron chi connectivity index (χ0n) is 8.39. The highest BCUT2D eigenvalue weighted by Gasteiger charge is 2.29. The van der Waals surface area contributed by atoms with Crippen molar-refractivity contribution < 1.29 is 5.11 Å². The molecule has 2 heterocycles. The molecular formula is C8H15N5OS. The van der Waals surface area contributed by atoms with Crippen LogP contribution in [0.5, 0.6) is 0 Å². The first-order valence-electron chi connectivity index (χ1n) is 4.91. The molecule has 1 aromatic heterocycles. The Labute approximate surface area is 92.2 Å². The summed E-state index contributed by atoms with van der Waals surface area (Å²) in [6.07, 6.45) is 3.01. The van der Waals surface area contributed by atoms with Crippen molar-refractivity contribution in [3.8, 4) is 0 Å². The highest BCUT2D eigenvalue weighted by molar-refractivity contribution is 7.99. The fraction of sp³-hybridized carbons (Fsp3) is 0.750. The molecule has 0 radical (unpaired) electrons. The summed E-state index contributed by atoms with van der Waals surface area (Å²) in [6, 6.07) is 0. The van der Waals surface area contributed by atoms with E-state index in [1.165, 1.54) is 22.8 Å². The largest absolute Gasteiger partial charge is 0.389 e. The topological polar surface area (TPSA) is 89.0 Å². The van der Waals surface area contributed by atoms with Crippen molar-refractivity contribution in [3.63, 3.8) is 0 Å². The minimum absolute atomic E-state index is 0.595. The third-order valence-corrected chi connectivity index (χ3v) is 3.78. The lowest BCUT2D eigenvalue weighted by atomic mass is 9.95. The van der Waals surface area contributed by atoms with E-state index in [2.05, 4.69) is 15.5 Å². The summed E-state index contributed by atoms with van der Waals surface area (Å²) in [7, 11) is 0. The standard InChI is InChI=1S/C8H15N5OS/c9-13-6-11-12-7(13)15-5-8(14)1-3-10-4-2-8/h6,10,14H,1-5,9H2. The van der Waals surface area contributed by atoms with Crippen LogP contribution < -0.4 is 11.2 Å². The lowest BCUT2D eigenvalue weighted by molar-refractivity contribution is 0.0338. The lowest BCUT2D eigenvalue weighted by Gasteiger charge is -2.31. The van der Waals surface area contributed by atoms with Gasteiger partial charge >= 0.3 is 0 Å². The quantitative estimate of drug-likeness (QED) is 0.464. The molecule has 0 amide bonds. The van der Waals surface area contributed by atoms with E-state index in [0.29, 0.717) is 10.9 Å². The summed E-state index contributed by atoms with van der Waals surface area (Å²) in [5, 5.41) is 21.6. The Morgan fingerprint density at radius 3 is 2.93 bits per heavy atom. The van der Waals surface area contributed by atoms with Gasteiger partial charge in [0, 0.05) is 5.75 Å². The zero-order valence-corrected chi connectivity index (χ0v) is 9.20. The second-order valence-electron chi connectivity index (χ2n) is 3.78. The molecule has 6 nitrogen and oxygen atoms in total. The van der Waals surface area contributed by atoms with Crippen LogP contribution in [0.15, 0.2) is 11.5 Å². The van der Waals surface area contributed by atoms with E-state index in [1.54, 1.807) is 0 Å². The molecule has 4 N–H and O–H groups in total. The minimum Gasteiger partial charge on any atom is -0.389 e. The van der Waals surface area contributed by atoms with E-state index in [4.69, 9.17) is 5.84 Å².